The fourth-order valence-electron chi connectivity index (χ4n) is 3.58. The summed E-state index contributed by atoms with van der Waals surface area (Å²) in [6.07, 6.45) is 5.03. The lowest BCUT2D eigenvalue weighted by Gasteiger charge is -2.17. The van der Waals surface area contributed by atoms with Gasteiger partial charge in [0.2, 0.25) is 0 Å². The molecule has 0 aliphatic carbocycles. The predicted octanol–water partition coefficient (Wildman–Crippen LogP) is 3.86. The van der Waals surface area contributed by atoms with Gasteiger partial charge in [-0.25, -0.2) is 9.07 Å². The van der Waals surface area contributed by atoms with Crippen LogP contribution in [0.5, 0.6) is 0 Å². The Morgan fingerprint density at radius 2 is 1.91 bits per heavy atom. The Kier molecular flexibility index (Phi) is 6.55. The van der Waals surface area contributed by atoms with E-state index in [4.69, 9.17) is 0 Å². The lowest BCUT2D eigenvalue weighted by atomic mass is 10.2. The molecule has 0 spiro atoms. The zero-order valence-corrected chi connectivity index (χ0v) is 18.9. The molecular weight excluding hydrogens is 445 g/mol. The molecule has 3 aromatic rings. The first-order valence-electron chi connectivity index (χ1n) is 10.6. The standard InChI is InChI=1S/C23H24FN5O3S/c1-28-14-6-2-3-12-22(28)27-33(31,32)18-9-7-8-17(16-18)25-23(30)20-13-15-29(26-20)21-11-5-4-10-19(21)24/h4-5,7-11,13,15-16H,2-3,6,12,14H2,1H3,(H,25,30)/b27-22+. The Hall–Kier alpha value is -3.53. The monoisotopic (exact) mass is 469 g/mol. The number of hydrogen-bond acceptors (Lipinski definition) is 4. The molecule has 0 atom stereocenters. The van der Waals surface area contributed by atoms with Gasteiger partial charge in [-0.15, -0.1) is 4.40 Å². The smallest absolute Gasteiger partial charge is 0.284 e. The summed E-state index contributed by atoms with van der Waals surface area (Å²) in [6, 6.07) is 13.5. The topological polar surface area (TPSA) is 96.7 Å². The van der Waals surface area contributed by atoms with Crippen LogP contribution in [0.15, 0.2) is 70.1 Å². The number of nitrogens with one attached hydrogen (secondary N) is 1. The highest BCUT2D eigenvalue weighted by molar-refractivity contribution is 7.90. The van der Waals surface area contributed by atoms with E-state index in [0.29, 0.717) is 12.3 Å². The van der Waals surface area contributed by atoms with E-state index in [1.807, 2.05) is 11.9 Å². The largest absolute Gasteiger partial charge is 0.362 e. The molecule has 0 radical (unpaired) electrons. The number of halogens is 1. The number of amidine groups is 1. The molecule has 4 rings (SSSR count). The molecule has 10 heteroatoms. The van der Waals surface area contributed by atoms with E-state index in [2.05, 4.69) is 14.8 Å². The molecule has 1 fully saturated rings. The molecule has 1 aliphatic rings. The van der Waals surface area contributed by atoms with Crippen molar-refractivity contribution in [3.8, 4) is 5.69 Å². The number of sulfonamides is 1. The average molecular weight is 470 g/mol. The molecule has 33 heavy (non-hydrogen) atoms. The van der Waals surface area contributed by atoms with Crippen LogP contribution in [0.1, 0.15) is 36.2 Å². The third-order valence-electron chi connectivity index (χ3n) is 5.37. The van der Waals surface area contributed by atoms with Gasteiger partial charge in [0.25, 0.3) is 15.9 Å². The molecule has 1 aliphatic heterocycles. The highest BCUT2D eigenvalue weighted by Crippen LogP contribution is 2.21. The van der Waals surface area contributed by atoms with E-state index < -0.39 is 21.7 Å². The van der Waals surface area contributed by atoms with Crippen molar-refractivity contribution < 1.29 is 17.6 Å². The van der Waals surface area contributed by atoms with Gasteiger partial charge < -0.3 is 10.2 Å². The second kappa shape index (κ2) is 9.53. The molecule has 172 valence electrons. The summed E-state index contributed by atoms with van der Waals surface area (Å²) in [5, 5.41) is 6.76. The zero-order chi connectivity index (χ0) is 23.4. The lowest BCUT2D eigenvalue weighted by Crippen LogP contribution is -2.26. The molecule has 0 saturated carbocycles. The summed E-state index contributed by atoms with van der Waals surface area (Å²) >= 11 is 0. The summed E-state index contributed by atoms with van der Waals surface area (Å²) < 4.78 is 45.1. The average Bonchev–Trinajstić information content (AvgIpc) is 3.20. The summed E-state index contributed by atoms with van der Waals surface area (Å²) in [6.45, 7) is 0.768. The highest BCUT2D eigenvalue weighted by Gasteiger charge is 2.19. The van der Waals surface area contributed by atoms with Crippen LogP contribution in [0.4, 0.5) is 10.1 Å². The van der Waals surface area contributed by atoms with Crippen LogP contribution in [-0.4, -0.2) is 48.4 Å². The van der Waals surface area contributed by atoms with E-state index in [9.17, 15) is 17.6 Å². The molecule has 1 aromatic heterocycles. The van der Waals surface area contributed by atoms with Crippen molar-refractivity contribution in [2.75, 3.05) is 18.9 Å². The van der Waals surface area contributed by atoms with Crippen LogP contribution in [0.25, 0.3) is 5.69 Å². The van der Waals surface area contributed by atoms with Gasteiger partial charge in [0.1, 0.15) is 17.3 Å². The van der Waals surface area contributed by atoms with Crippen molar-refractivity contribution in [1.29, 1.82) is 0 Å². The number of hydrogen-bond donors (Lipinski definition) is 1. The number of aromatic nitrogens is 2. The van der Waals surface area contributed by atoms with Gasteiger partial charge in [-0.2, -0.15) is 13.5 Å². The molecule has 1 saturated heterocycles. The van der Waals surface area contributed by atoms with Crippen molar-refractivity contribution >= 4 is 27.5 Å². The maximum Gasteiger partial charge on any atom is 0.284 e. The number of amides is 1. The van der Waals surface area contributed by atoms with E-state index in [-0.39, 0.29) is 22.0 Å². The fraction of sp³-hybridized carbons (Fsp3) is 0.261. The van der Waals surface area contributed by atoms with E-state index in [1.165, 1.54) is 41.2 Å². The number of carbonyl (C=O) groups is 1. The van der Waals surface area contributed by atoms with Gasteiger partial charge in [0, 0.05) is 31.9 Å². The number of likely N-dealkylation sites (tertiary alicyclic amines) is 1. The van der Waals surface area contributed by atoms with E-state index in [1.54, 1.807) is 24.3 Å². The minimum Gasteiger partial charge on any atom is -0.362 e. The third-order valence-corrected chi connectivity index (χ3v) is 6.67. The molecule has 0 bridgehead atoms. The van der Waals surface area contributed by atoms with Crippen molar-refractivity contribution in [3.63, 3.8) is 0 Å². The molecule has 2 heterocycles. The van der Waals surface area contributed by atoms with Crippen LogP contribution in [0, 0.1) is 5.82 Å². The second-order valence-corrected chi connectivity index (χ2v) is 9.40. The van der Waals surface area contributed by atoms with Gasteiger partial charge in [0.05, 0.1) is 4.90 Å². The highest BCUT2D eigenvalue weighted by atomic mass is 32.2. The van der Waals surface area contributed by atoms with Gasteiger partial charge in [-0.1, -0.05) is 24.6 Å². The van der Waals surface area contributed by atoms with Gasteiger partial charge >= 0.3 is 0 Å². The summed E-state index contributed by atoms with van der Waals surface area (Å²) in [7, 11) is -2.09. The van der Waals surface area contributed by atoms with E-state index in [0.717, 1.165) is 25.8 Å². The quantitative estimate of drug-likeness (QED) is 0.612. The lowest BCUT2D eigenvalue weighted by molar-refractivity contribution is 0.102. The Labute approximate surface area is 191 Å². The van der Waals surface area contributed by atoms with Crippen LogP contribution in [0.2, 0.25) is 0 Å². The number of anilines is 1. The maximum absolute atomic E-state index is 14.0. The summed E-state index contributed by atoms with van der Waals surface area (Å²) in [5.74, 6) is -0.471. The maximum atomic E-state index is 14.0. The summed E-state index contributed by atoms with van der Waals surface area (Å²) in [5.41, 5.74) is 0.565. The van der Waals surface area contributed by atoms with Crippen LogP contribution >= 0.6 is 0 Å². The van der Waals surface area contributed by atoms with Gasteiger partial charge in [0.15, 0.2) is 5.69 Å². The Morgan fingerprint density at radius 1 is 1.09 bits per heavy atom. The van der Waals surface area contributed by atoms with Crippen molar-refractivity contribution in [2.45, 2.75) is 30.6 Å². The number of carbonyl (C=O) groups excluding carboxylic acids is 1. The predicted molar refractivity (Wildman–Crippen MR) is 124 cm³/mol. The first-order chi connectivity index (χ1) is 15.8. The van der Waals surface area contributed by atoms with Crippen molar-refractivity contribution in [2.24, 2.45) is 4.40 Å². The number of benzene rings is 2. The summed E-state index contributed by atoms with van der Waals surface area (Å²) in [4.78, 5) is 14.5. The molecule has 8 nitrogen and oxygen atoms in total. The zero-order valence-electron chi connectivity index (χ0n) is 18.1. The molecule has 1 amide bonds. The number of nitrogens with zero attached hydrogens (tertiary/aromatic N) is 4. The first kappa shape index (κ1) is 22.7. The number of para-hydroxylation sites is 1. The third kappa shape index (κ3) is 5.28. The molecule has 2 aromatic carbocycles. The molecule has 0 unspecified atom stereocenters. The Balaban J connectivity index is 1.53. The van der Waals surface area contributed by atoms with Crippen LogP contribution in [0.3, 0.4) is 0 Å². The Morgan fingerprint density at radius 3 is 2.73 bits per heavy atom. The minimum absolute atomic E-state index is 0.0117. The number of rotatable bonds is 5. The van der Waals surface area contributed by atoms with Crippen LogP contribution in [-0.2, 0) is 10.0 Å². The van der Waals surface area contributed by atoms with E-state index >= 15 is 0 Å². The minimum atomic E-state index is -3.94. The fourth-order valence-corrected chi connectivity index (χ4v) is 4.72. The van der Waals surface area contributed by atoms with Crippen molar-refractivity contribution in [3.05, 3.63) is 72.3 Å². The first-order valence-corrected chi connectivity index (χ1v) is 12.0. The SMILES string of the molecule is CN1CCCCC/C1=N\S(=O)(=O)c1cccc(NC(=O)c2ccn(-c3ccccc3F)n2)c1. The van der Waals surface area contributed by atoms with Gasteiger partial charge in [-0.3, -0.25) is 4.79 Å². The molecule has 1 N–H and O–H groups in total. The van der Waals surface area contributed by atoms with Crippen LogP contribution < -0.4 is 5.32 Å². The van der Waals surface area contributed by atoms with Crippen molar-refractivity contribution in [1.82, 2.24) is 14.7 Å². The molecular formula is C23H24FN5O3S. The normalized spacial score (nSPS) is 15.9. The second-order valence-electron chi connectivity index (χ2n) is 7.79. The Bertz CT molecular complexity index is 1300. The van der Waals surface area contributed by atoms with Gasteiger partial charge in [-0.05, 0) is 49.2 Å².